The zero-order chi connectivity index (χ0) is 11.7. The average Bonchev–Trinajstić information content (AvgIpc) is 2.58. The first-order valence-corrected chi connectivity index (χ1v) is 5.23. The zero-order valence-corrected chi connectivity index (χ0v) is 9.29. The predicted molar refractivity (Wildman–Crippen MR) is 59.5 cm³/mol. The fourth-order valence-electron chi connectivity index (χ4n) is 1.91. The Morgan fingerprint density at radius 1 is 1.50 bits per heavy atom. The van der Waals surface area contributed by atoms with E-state index in [0.717, 1.165) is 16.8 Å². The third-order valence-electron chi connectivity index (χ3n) is 2.61. The van der Waals surface area contributed by atoms with Gasteiger partial charge in [-0.3, -0.25) is 4.79 Å². The van der Waals surface area contributed by atoms with Crippen LogP contribution in [0.1, 0.15) is 28.4 Å². The molecule has 1 heterocycles. The maximum Gasteiger partial charge on any atom is 0.338 e. The fraction of sp³-hybridized carbons (Fsp3) is 0.333. The van der Waals surface area contributed by atoms with Gasteiger partial charge in [0.1, 0.15) is 0 Å². The minimum absolute atomic E-state index is 0.0776. The average molecular weight is 219 g/mol. The first kappa shape index (κ1) is 10.7. The highest BCUT2D eigenvalue weighted by atomic mass is 16.5. The van der Waals surface area contributed by atoms with Crippen molar-refractivity contribution in [2.75, 3.05) is 11.9 Å². The van der Waals surface area contributed by atoms with E-state index in [0.29, 0.717) is 12.2 Å². The second kappa shape index (κ2) is 3.96. The molecule has 1 N–H and O–H groups in total. The van der Waals surface area contributed by atoms with Crippen LogP contribution in [0.25, 0.3) is 0 Å². The lowest BCUT2D eigenvalue weighted by atomic mass is 10.00. The number of nitrogens with one attached hydrogen (secondary N) is 1. The highest BCUT2D eigenvalue weighted by Gasteiger charge is 2.25. The SMILES string of the molecule is CCOC(=O)c1c(C)ccc2c1CC(=O)N2. The van der Waals surface area contributed by atoms with E-state index in [9.17, 15) is 9.59 Å². The van der Waals surface area contributed by atoms with Gasteiger partial charge in [-0.2, -0.15) is 0 Å². The van der Waals surface area contributed by atoms with Gasteiger partial charge in [-0.05, 0) is 31.0 Å². The van der Waals surface area contributed by atoms with Crippen LogP contribution in [-0.2, 0) is 16.0 Å². The summed E-state index contributed by atoms with van der Waals surface area (Å²) in [5.74, 6) is -0.431. The molecule has 1 aliphatic heterocycles. The van der Waals surface area contributed by atoms with Crippen LogP contribution in [0, 0.1) is 6.92 Å². The number of carbonyl (C=O) groups excluding carboxylic acids is 2. The van der Waals surface area contributed by atoms with Gasteiger partial charge in [0.2, 0.25) is 5.91 Å². The van der Waals surface area contributed by atoms with Crippen molar-refractivity contribution in [3.63, 3.8) is 0 Å². The quantitative estimate of drug-likeness (QED) is 0.770. The lowest BCUT2D eigenvalue weighted by Crippen LogP contribution is -2.10. The number of hydrogen-bond acceptors (Lipinski definition) is 3. The van der Waals surface area contributed by atoms with E-state index >= 15 is 0 Å². The number of carbonyl (C=O) groups is 2. The number of anilines is 1. The molecule has 84 valence electrons. The number of rotatable bonds is 2. The Labute approximate surface area is 93.6 Å². The molecule has 0 unspecified atom stereocenters. The van der Waals surface area contributed by atoms with Crippen LogP contribution >= 0.6 is 0 Å². The minimum Gasteiger partial charge on any atom is -0.462 e. The van der Waals surface area contributed by atoms with Crippen molar-refractivity contribution in [1.29, 1.82) is 0 Å². The van der Waals surface area contributed by atoms with Gasteiger partial charge < -0.3 is 10.1 Å². The number of ether oxygens (including phenoxy) is 1. The normalized spacial score (nSPS) is 13.2. The van der Waals surface area contributed by atoms with Gasteiger partial charge in [0.05, 0.1) is 18.6 Å². The van der Waals surface area contributed by atoms with Crippen LogP contribution < -0.4 is 5.32 Å². The van der Waals surface area contributed by atoms with Gasteiger partial charge in [-0.25, -0.2) is 4.79 Å². The van der Waals surface area contributed by atoms with E-state index in [1.54, 1.807) is 6.92 Å². The molecule has 4 heteroatoms. The number of fused-ring (bicyclic) bond motifs is 1. The van der Waals surface area contributed by atoms with E-state index < -0.39 is 0 Å². The number of benzene rings is 1. The number of aryl methyl sites for hydroxylation is 1. The Hall–Kier alpha value is -1.84. The van der Waals surface area contributed by atoms with Crippen LogP contribution in [0.4, 0.5) is 5.69 Å². The summed E-state index contributed by atoms with van der Waals surface area (Å²) in [4.78, 5) is 23.1. The highest BCUT2D eigenvalue weighted by molar-refractivity contribution is 6.05. The Balaban J connectivity index is 2.49. The first-order chi connectivity index (χ1) is 7.63. The van der Waals surface area contributed by atoms with Gasteiger partial charge in [-0.15, -0.1) is 0 Å². The second-order valence-corrected chi connectivity index (χ2v) is 3.73. The summed E-state index contributed by atoms with van der Waals surface area (Å²) in [7, 11) is 0. The third-order valence-corrected chi connectivity index (χ3v) is 2.61. The predicted octanol–water partition coefficient (Wildman–Crippen LogP) is 1.67. The first-order valence-electron chi connectivity index (χ1n) is 5.23. The van der Waals surface area contributed by atoms with Crippen molar-refractivity contribution in [3.8, 4) is 0 Å². The molecule has 1 aliphatic rings. The Morgan fingerprint density at radius 2 is 2.25 bits per heavy atom. The standard InChI is InChI=1S/C12H13NO3/c1-3-16-12(15)11-7(2)4-5-9-8(11)6-10(14)13-9/h4-5H,3,6H2,1-2H3,(H,13,14). The van der Waals surface area contributed by atoms with Crippen molar-refractivity contribution >= 4 is 17.6 Å². The number of hydrogen-bond donors (Lipinski definition) is 1. The van der Waals surface area contributed by atoms with Crippen LogP contribution in [0.15, 0.2) is 12.1 Å². The highest BCUT2D eigenvalue weighted by Crippen LogP contribution is 2.29. The summed E-state index contributed by atoms with van der Waals surface area (Å²) in [6.07, 6.45) is 0.255. The van der Waals surface area contributed by atoms with Crippen molar-refractivity contribution in [3.05, 3.63) is 28.8 Å². The summed E-state index contributed by atoms with van der Waals surface area (Å²) < 4.78 is 4.99. The molecule has 2 rings (SSSR count). The van der Waals surface area contributed by atoms with E-state index in [-0.39, 0.29) is 18.3 Å². The molecule has 0 fully saturated rings. The smallest absolute Gasteiger partial charge is 0.338 e. The maximum atomic E-state index is 11.8. The molecule has 0 saturated carbocycles. The van der Waals surface area contributed by atoms with Crippen molar-refractivity contribution in [2.45, 2.75) is 20.3 Å². The topological polar surface area (TPSA) is 55.4 Å². The van der Waals surface area contributed by atoms with Crippen LogP contribution in [0.3, 0.4) is 0 Å². The fourth-order valence-corrected chi connectivity index (χ4v) is 1.91. The van der Waals surface area contributed by atoms with E-state index in [4.69, 9.17) is 4.74 Å². The lowest BCUT2D eigenvalue weighted by Gasteiger charge is -2.09. The van der Waals surface area contributed by atoms with E-state index in [2.05, 4.69) is 5.32 Å². The summed E-state index contributed by atoms with van der Waals surface area (Å²) >= 11 is 0. The molecular weight excluding hydrogens is 206 g/mol. The molecule has 1 amide bonds. The molecule has 0 atom stereocenters. The Morgan fingerprint density at radius 3 is 2.94 bits per heavy atom. The van der Waals surface area contributed by atoms with Gasteiger partial charge in [-0.1, -0.05) is 6.07 Å². The monoisotopic (exact) mass is 219 g/mol. The summed E-state index contributed by atoms with van der Waals surface area (Å²) in [6, 6.07) is 3.63. The largest absolute Gasteiger partial charge is 0.462 e. The van der Waals surface area contributed by atoms with Gasteiger partial charge in [0.25, 0.3) is 0 Å². The molecule has 0 saturated heterocycles. The minimum atomic E-state index is -0.353. The van der Waals surface area contributed by atoms with Gasteiger partial charge in [0, 0.05) is 5.69 Å². The summed E-state index contributed by atoms with van der Waals surface area (Å²) in [5, 5.41) is 2.72. The van der Waals surface area contributed by atoms with Crippen molar-refractivity contribution < 1.29 is 14.3 Å². The van der Waals surface area contributed by atoms with Crippen LogP contribution in [0.2, 0.25) is 0 Å². The molecule has 4 nitrogen and oxygen atoms in total. The number of esters is 1. The van der Waals surface area contributed by atoms with Crippen LogP contribution in [0.5, 0.6) is 0 Å². The summed E-state index contributed by atoms with van der Waals surface area (Å²) in [5.41, 5.74) is 2.84. The van der Waals surface area contributed by atoms with Gasteiger partial charge in [0.15, 0.2) is 0 Å². The number of amides is 1. The van der Waals surface area contributed by atoms with Crippen molar-refractivity contribution in [2.24, 2.45) is 0 Å². The Kier molecular flexibility index (Phi) is 2.64. The third kappa shape index (κ3) is 1.66. The molecule has 1 aromatic rings. The molecule has 0 spiro atoms. The molecule has 0 aromatic heterocycles. The van der Waals surface area contributed by atoms with Gasteiger partial charge >= 0.3 is 5.97 Å². The molecule has 0 radical (unpaired) electrons. The molecule has 16 heavy (non-hydrogen) atoms. The lowest BCUT2D eigenvalue weighted by molar-refractivity contribution is -0.115. The van der Waals surface area contributed by atoms with Crippen LogP contribution in [-0.4, -0.2) is 18.5 Å². The maximum absolute atomic E-state index is 11.8. The summed E-state index contributed by atoms with van der Waals surface area (Å²) in [6.45, 7) is 3.94. The molecule has 1 aromatic carbocycles. The van der Waals surface area contributed by atoms with Crippen molar-refractivity contribution in [1.82, 2.24) is 0 Å². The molecule has 0 aliphatic carbocycles. The molecule has 0 bridgehead atoms. The van der Waals surface area contributed by atoms with E-state index in [1.807, 2.05) is 19.1 Å². The second-order valence-electron chi connectivity index (χ2n) is 3.73. The Bertz CT molecular complexity index is 466. The zero-order valence-electron chi connectivity index (χ0n) is 9.29. The van der Waals surface area contributed by atoms with E-state index in [1.165, 1.54) is 0 Å². The molecular formula is C12H13NO3.